The molecule has 4 nitrogen and oxygen atoms in total. The third-order valence-corrected chi connectivity index (χ3v) is 2.84. The lowest BCUT2D eigenvalue weighted by Gasteiger charge is -2.11. The first-order valence-electron chi connectivity index (χ1n) is 6.51. The van der Waals surface area contributed by atoms with E-state index in [4.69, 9.17) is 11.5 Å². The summed E-state index contributed by atoms with van der Waals surface area (Å²) in [4.78, 5) is 11.6. The van der Waals surface area contributed by atoms with Crippen molar-refractivity contribution in [1.82, 2.24) is 5.32 Å². The SMILES string of the molecule is NCCC[C@H](N)C(=O)NCCCc1ccccc1. The Balaban J connectivity index is 2.12. The third kappa shape index (κ3) is 5.80. The zero-order valence-corrected chi connectivity index (χ0v) is 10.8. The second-order valence-electron chi connectivity index (χ2n) is 4.42. The minimum Gasteiger partial charge on any atom is -0.355 e. The number of carbonyl (C=O) groups is 1. The number of hydrogen-bond acceptors (Lipinski definition) is 3. The summed E-state index contributed by atoms with van der Waals surface area (Å²) in [5.41, 5.74) is 12.4. The van der Waals surface area contributed by atoms with Crippen molar-refractivity contribution in [3.63, 3.8) is 0 Å². The average molecular weight is 249 g/mol. The van der Waals surface area contributed by atoms with Crippen LogP contribution in [0.15, 0.2) is 30.3 Å². The number of carbonyl (C=O) groups excluding carboxylic acids is 1. The lowest BCUT2D eigenvalue weighted by atomic mass is 10.1. The van der Waals surface area contributed by atoms with Crippen LogP contribution < -0.4 is 16.8 Å². The number of nitrogens with one attached hydrogen (secondary N) is 1. The van der Waals surface area contributed by atoms with Gasteiger partial charge in [0.25, 0.3) is 0 Å². The Morgan fingerprint density at radius 3 is 2.61 bits per heavy atom. The summed E-state index contributed by atoms with van der Waals surface area (Å²) in [6, 6.07) is 9.81. The molecule has 0 saturated heterocycles. The first-order valence-corrected chi connectivity index (χ1v) is 6.51. The summed E-state index contributed by atoms with van der Waals surface area (Å²) in [7, 11) is 0. The zero-order valence-electron chi connectivity index (χ0n) is 10.8. The van der Waals surface area contributed by atoms with Crippen LogP contribution in [0.25, 0.3) is 0 Å². The Hall–Kier alpha value is -1.39. The van der Waals surface area contributed by atoms with Crippen LogP contribution in [0.3, 0.4) is 0 Å². The van der Waals surface area contributed by atoms with E-state index in [2.05, 4.69) is 17.4 Å². The molecule has 1 aromatic carbocycles. The Kier molecular flexibility index (Phi) is 7.06. The van der Waals surface area contributed by atoms with Crippen LogP contribution in [0.1, 0.15) is 24.8 Å². The standard InChI is InChI=1S/C14H23N3O/c15-10-4-9-13(16)14(18)17-11-5-8-12-6-2-1-3-7-12/h1-3,6-7,13H,4-5,8-11,15-16H2,(H,17,18)/t13-/m0/s1. The predicted molar refractivity (Wildman–Crippen MR) is 74.0 cm³/mol. The van der Waals surface area contributed by atoms with Gasteiger partial charge in [0.15, 0.2) is 0 Å². The summed E-state index contributed by atoms with van der Waals surface area (Å²) >= 11 is 0. The molecule has 0 aliphatic heterocycles. The van der Waals surface area contributed by atoms with Crippen LogP contribution in [0, 0.1) is 0 Å². The molecule has 0 saturated carbocycles. The fraction of sp³-hybridized carbons (Fsp3) is 0.500. The van der Waals surface area contributed by atoms with Crippen LogP contribution in [-0.4, -0.2) is 25.0 Å². The van der Waals surface area contributed by atoms with E-state index in [1.54, 1.807) is 0 Å². The molecule has 1 rings (SSSR count). The number of rotatable bonds is 8. The van der Waals surface area contributed by atoms with Crippen LogP contribution in [0.5, 0.6) is 0 Å². The molecule has 0 aliphatic carbocycles. The average Bonchev–Trinajstić information content (AvgIpc) is 2.41. The highest BCUT2D eigenvalue weighted by atomic mass is 16.2. The van der Waals surface area contributed by atoms with Crippen LogP contribution in [0.4, 0.5) is 0 Å². The first-order chi connectivity index (χ1) is 8.74. The zero-order chi connectivity index (χ0) is 13.2. The van der Waals surface area contributed by atoms with E-state index in [1.807, 2.05) is 18.2 Å². The highest BCUT2D eigenvalue weighted by Gasteiger charge is 2.11. The molecule has 1 atom stereocenters. The van der Waals surface area contributed by atoms with Crippen LogP contribution in [0.2, 0.25) is 0 Å². The predicted octanol–water partition coefficient (Wildman–Crippen LogP) is 0.802. The van der Waals surface area contributed by atoms with Gasteiger partial charge in [-0.3, -0.25) is 4.79 Å². The second kappa shape index (κ2) is 8.66. The van der Waals surface area contributed by atoms with Gasteiger partial charge in [0.1, 0.15) is 0 Å². The van der Waals surface area contributed by atoms with E-state index < -0.39 is 6.04 Å². The molecular formula is C14H23N3O. The van der Waals surface area contributed by atoms with Crippen molar-refractivity contribution < 1.29 is 4.79 Å². The molecule has 0 unspecified atom stereocenters. The maximum absolute atomic E-state index is 11.6. The Morgan fingerprint density at radius 2 is 1.94 bits per heavy atom. The van der Waals surface area contributed by atoms with Gasteiger partial charge in [0.05, 0.1) is 6.04 Å². The maximum Gasteiger partial charge on any atom is 0.236 e. The molecule has 4 heteroatoms. The van der Waals surface area contributed by atoms with E-state index in [1.165, 1.54) is 5.56 Å². The molecule has 18 heavy (non-hydrogen) atoms. The molecule has 100 valence electrons. The molecule has 0 bridgehead atoms. The molecule has 1 amide bonds. The molecule has 0 heterocycles. The van der Waals surface area contributed by atoms with Gasteiger partial charge in [-0.05, 0) is 37.8 Å². The molecule has 0 spiro atoms. The highest BCUT2D eigenvalue weighted by Crippen LogP contribution is 2.01. The summed E-state index contributed by atoms with van der Waals surface area (Å²) in [6.45, 7) is 1.25. The van der Waals surface area contributed by atoms with Crippen LogP contribution in [-0.2, 0) is 11.2 Å². The van der Waals surface area contributed by atoms with Crippen molar-refractivity contribution in [1.29, 1.82) is 0 Å². The number of amides is 1. The smallest absolute Gasteiger partial charge is 0.236 e. The van der Waals surface area contributed by atoms with Crippen molar-refractivity contribution in [3.8, 4) is 0 Å². The highest BCUT2D eigenvalue weighted by molar-refractivity contribution is 5.81. The Morgan fingerprint density at radius 1 is 1.22 bits per heavy atom. The van der Waals surface area contributed by atoms with Gasteiger partial charge in [-0.25, -0.2) is 0 Å². The van der Waals surface area contributed by atoms with Gasteiger partial charge in [-0.2, -0.15) is 0 Å². The van der Waals surface area contributed by atoms with Crippen LogP contribution >= 0.6 is 0 Å². The second-order valence-corrected chi connectivity index (χ2v) is 4.42. The summed E-state index contributed by atoms with van der Waals surface area (Å²) in [6.07, 6.45) is 3.35. The molecule has 0 fully saturated rings. The monoisotopic (exact) mass is 249 g/mol. The molecular weight excluding hydrogens is 226 g/mol. The number of aryl methyl sites for hydroxylation is 1. The van der Waals surface area contributed by atoms with E-state index in [9.17, 15) is 4.79 Å². The lowest BCUT2D eigenvalue weighted by Crippen LogP contribution is -2.41. The first kappa shape index (κ1) is 14.7. The normalized spacial score (nSPS) is 12.1. The van der Waals surface area contributed by atoms with Crippen molar-refractivity contribution in [2.75, 3.05) is 13.1 Å². The molecule has 0 aliphatic rings. The van der Waals surface area contributed by atoms with Crippen molar-refractivity contribution >= 4 is 5.91 Å². The quantitative estimate of drug-likeness (QED) is 0.596. The van der Waals surface area contributed by atoms with Gasteiger partial charge >= 0.3 is 0 Å². The van der Waals surface area contributed by atoms with E-state index in [-0.39, 0.29) is 5.91 Å². The van der Waals surface area contributed by atoms with E-state index >= 15 is 0 Å². The van der Waals surface area contributed by atoms with Crippen molar-refractivity contribution in [2.24, 2.45) is 11.5 Å². The lowest BCUT2D eigenvalue weighted by molar-refractivity contribution is -0.122. The van der Waals surface area contributed by atoms with Gasteiger partial charge < -0.3 is 16.8 Å². The summed E-state index contributed by atoms with van der Waals surface area (Å²) < 4.78 is 0. The van der Waals surface area contributed by atoms with Gasteiger partial charge in [0.2, 0.25) is 5.91 Å². The van der Waals surface area contributed by atoms with Gasteiger partial charge in [0, 0.05) is 6.54 Å². The molecule has 0 aromatic heterocycles. The maximum atomic E-state index is 11.6. The number of benzene rings is 1. The number of hydrogen-bond donors (Lipinski definition) is 3. The molecule has 1 aromatic rings. The Labute approximate surface area is 109 Å². The minimum atomic E-state index is -0.426. The minimum absolute atomic E-state index is 0.0727. The van der Waals surface area contributed by atoms with E-state index in [0.717, 1.165) is 19.3 Å². The van der Waals surface area contributed by atoms with Crippen molar-refractivity contribution in [3.05, 3.63) is 35.9 Å². The third-order valence-electron chi connectivity index (χ3n) is 2.84. The fourth-order valence-corrected chi connectivity index (χ4v) is 1.75. The summed E-state index contributed by atoms with van der Waals surface area (Å²) in [5, 5.41) is 2.86. The Bertz CT molecular complexity index is 340. The van der Waals surface area contributed by atoms with E-state index in [0.29, 0.717) is 19.5 Å². The largest absolute Gasteiger partial charge is 0.355 e. The van der Waals surface area contributed by atoms with Gasteiger partial charge in [-0.15, -0.1) is 0 Å². The molecule has 5 N–H and O–H groups in total. The topological polar surface area (TPSA) is 81.1 Å². The van der Waals surface area contributed by atoms with Crippen molar-refractivity contribution in [2.45, 2.75) is 31.7 Å². The molecule has 0 radical (unpaired) electrons. The fourth-order valence-electron chi connectivity index (χ4n) is 1.75. The van der Waals surface area contributed by atoms with Gasteiger partial charge in [-0.1, -0.05) is 30.3 Å². The number of nitrogens with two attached hydrogens (primary N) is 2. The summed E-state index contributed by atoms with van der Waals surface area (Å²) in [5.74, 6) is -0.0727.